The first-order valence-corrected chi connectivity index (χ1v) is 14.0. The first-order chi connectivity index (χ1) is 19.8. The van der Waals surface area contributed by atoms with Gasteiger partial charge in [-0.15, -0.1) is 0 Å². The molecule has 0 spiro atoms. The molecule has 3 rings (SSSR count). The van der Waals surface area contributed by atoms with Gasteiger partial charge in [-0.25, -0.2) is 4.68 Å². The summed E-state index contributed by atoms with van der Waals surface area (Å²) in [4.78, 5) is 48.3. The van der Waals surface area contributed by atoms with Crippen LogP contribution in [0.25, 0.3) is 0 Å². The van der Waals surface area contributed by atoms with Crippen LogP contribution >= 0.6 is 23.8 Å². The average Bonchev–Trinajstić information content (AvgIpc) is 3.18. The van der Waals surface area contributed by atoms with Crippen molar-refractivity contribution in [2.75, 3.05) is 6.61 Å². The van der Waals surface area contributed by atoms with Crippen LogP contribution in [0.3, 0.4) is 0 Å². The fourth-order valence-electron chi connectivity index (χ4n) is 4.47. The molecule has 0 unspecified atom stereocenters. The molecule has 1 aliphatic rings. The van der Waals surface area contributed by atoms with Crippen LogP contribution in [0, 0.1) is 10.7 Å². The molecule has 0 aliphatic carbocycles. The smallest absolute Gasteiger partial charge is 0.303 e. The molecule has 5 atom stereocenters. The van der Waals surface area contributed by atoms with Crippen LogP contribution in [0.5, 0.6) is 5.75 Å². The standard InChI is InChI=1S/C27H35ClN4O9S/c1-14(2)11-31-22(13-38-20-9-7-19(28)8-10-20)30-32(27(31)42)26-23(29-15(3)33)25(40-18(6)36)24(39-17(5)35)21(41-26)12-37-16(4)34/h7-10,14,21,23-26H,11-13H2,1-6H3,(H,29,33)/t21-,23-,24-,25-,26-/m1/s1. The number of hydrogen-bond donors (Lipinski definition) is 1. The number of benzene rings is 1. The van der Waals surface area contributed by atoms with Crippen molar-refractivity contribution >= 4 is 47.6 Å². The van der Waals surface area contributed by atoms with Crippen molar-refractivity contribution in [2.45, 2.75) is 85.3 Å². The first kappa shape index (κ1) is 33.0. The molecule has 1 aromatic heterocycles. The van der Waals surface area contributed by atoms with Gasteiger partial charge in [-0.2, -0.15) is 5.10 Å². The Morgan fingerprint density at radius 1 is 1.02 bits per heavy atom. The van der Waals surface area contributed by atoms with Crippen LogP contribution in [0.15, 0.2) is 24.3 Å². The van der Waals surface area contributed by atoms with E-state index in [-0.39, 0.29) is 23.9 Å². The summed E-state index contributed by atoms with van der Waals surface area (Å²) in [5.41, 5.74) is 0. The summed E-state index contributed by atoms with van der Waals surface area (Å²) in [6.07, 6.45) is -4.76. The molecule has 1 saturated heterocycles. The van der Waals surface area contributed by atoms with Gasteiger partial charge in [0.2, 0.25) is 5.91 Å². The Kier molecular flexibility index (Phi) is 11.5. The molecular formula is C27H35ClN4O9S. The summed E-state index contributed by atoms with van der Waals surface area (Å²) in [6, 6.07) is 5.72. The number of carbonyl (C=O) groups is 4. The van der Waals surface area contributed by atoms with Crippen molar-refractivity contribution in [3.63, 3.8) is 0 Å². The zero-order valence-electron chi connectivity index (χ0n) is 24.2. The van der Waals surface area contributed by atoms with E-state index in [1.54, 1.807) is 28.8 Å². The lowest BCUT2D eigenvalue weighted by atomic mass is 9.95. The van der Waals surface area contributed by atoms with Gasteiger partial charge in [-0.05, 0) is 42.4 Å². The summed E-state index contributed by atoms with van der Waals surface area (Å²) < 4.78 is 31.9. The van der Waals surface area contributed by atoms with Gasteiger partial charge in [-0.1, -0.05) is 25.4 Å². The Labute approximate surface area is 253 Å². The van der Waals surface area contributed by atoms with Crippen LogP contribution in [-0.4, -0.2) is 69.1 Å². The Morgan fingerprint density at radius 3 is 2.19 bits per heavy atom. The monoisotopic (exact) mass is 626 g/mol. The molecule has 15 heteroatoms. The summed E-state index contributed by atoms with van der Waals surface area (Å²) in [7, 11) is 0. The molecule has 42 heavy (non-hydrogen) atoms. The third-order valence-electron chi connectivity index (χ3n) is 6.02. The molecule has 1 aromatic carbocycles. The number of nitrogens with zero attached hydrogens (tertiary/aromatic N) is 3. The Bertz CT molecular complexity index is 1340. The summed E-state index contributed by atoms with van der Waals surface area (Å²) in [6.45, 7) is 9.02. The normalized spacial score (nSPS) is 21.9. The predicted octanol–water partition coefficient (Wildman–Crippen LogP) is 3.13. The van der Waals surface area contributed by atoms with Gasteiger partial charge in [0.25, 0.3) is 0 Å². The van der Waals surface area contributed by atoms with Gasteiger partial charge in [0.15, 0.2) is 29.0 Å². The number of halogens is 1. The van der Waals surface area contributed by atoms with Crippen LogP contribution in [0.4, 0.5) is 0 Å². The lowest BCUT2D eigenvalue weighted by Gasteiger charge is -2.45. The van der Waals surface area contributed by atoms with Crippen molar-refractivity contribution in [1.29, 1.82) is 0 Å². The number of amides is 1. The highest BCUT2D eigenvalue weighted by molar-refractivity contribution is 7.71. The van der Waals surface area contributed by atoms with E-state index >= 15 is 0 Å². The Hall–Kier alpha value is -3.49. The highest BCUT2D eigenvalue weighted by Crippen LogP contribution is 2.33. The molecule has 0 saturated carbocycles. The van der Waals surface area contributed by atoms with E-state index in [4.69, 9.17) is 52.6 Å². The highest BCUT2D eigenvalue weighted by atomic mass is 35.5. The fourth-order valence-corrected chi connectivity index (χ4v) is 4.92. The predicted molar refractivity (Wildman–Crippen MR) is 151 cm³/mol. The summed E-state index contributed by atoms with van der Waals surface area (Å²) in [5.74, 6) is -1.31. The lowest BCUT2D eigenvalue weighted by Crippen LogP contribution is -2.64. The topological polar surface area (TPSA) is 149 Å². The number of esters is 3. The molecule has 0 radical (unpaired) electrons. The quantitative estimate of drug-likeness (QED) is 0.223. The largest absolute Gasteiger partial charge is 0.486 e. The van der Waals surface area contributed by atoms with Crippen LogP contribution < -0.4 is 10.1 Å². The van der Waals surface area contributed by atoms with Crippen molar-refractivity contribution in [1.82, 2.24) is 19.7 Å². The second-order valence-corrected chi connectivity index (χ2v) is 10.9. The van der Waals surface area contributed by atoms with Crippen molar-refractivity contribution in [3.8, 4) is 5.75 Å². The third kappa shape index (κ3) is 8.76. The molecule has 2 aromatic rings. The van der Waals surface area contributed by atoms with Crippen molar-refractivity contribution in [3.05, 3.63) is 39.9 Å². The van der Waals surface area contributed by atoms with Crippen molar-refractivity contribution < 1.29 is 42.9 Å². The van der Waals surface area contributed by atoms with Gasteiger partial charge in [-0.3, -0.25) is 19.2 Å². The minimum atomic E-state index is -1.25. The molecular weight excluding hydrogens is 592 g/mol. The van der Waals surface area contributed by atoms with Crippen molar-refractivity contribution in [2.24, 2.45) is 5.92 Å². The molecule has 230 valence electrons. The number of carbonyl (C=O) groups excluding carboxylic acids is 4. The van der Waals surface area contributed by atoms with Gasteiger partial charge in [0.05, 0.1) is 0 Å². The molecule has 1 amide bonds. The van der Waals surface area contributed by atoms with E-state index in [0.29, 0.717) is 23.1 Å². The van der Waals surface area contributed by atoms with Crippen LogP contribution in [0.2, 0.25) is 5.02 Å². The number of rotatable bonds is 11. The zero-order valence-corrected chi connectivity index (χ0v) is 25.8. The summed E-state index contributed by atoms with van der Waals surface area (Å²) >= 11 is 11.8. The first-order valence-electron chi connectivity index (χ1n) is 13.2. The van der Waals surface area contributed by atoms with E-state index in [2.05, 4.69) is 5.32 Å². The Morgan fingerprint density at radius 2 is 1.64 bits per heavy atom. The van der Waals surface area contributed by atoms with E-state index in [1.165, 1.54) is 32.4 Å². The third-order valence-corrected chi connectivity index (χ3v) is 6.68. The number of aromatic nitrogens is 3. The van der Waals surface area contributed by atoms with E-state index in [0.717, 1.165) is 0 Å². The average molecular weight is 627 g/mol. The molecule has 13 nitrogen and oxygen atoms in total. The van der Waals surface area contributed by atoms with E-state index in [1.807, 2.05) is 13.8 Å². The highest BCUT2D eigenvalue weighted by Gasteiger charge is 2.52. The Balaban J connectivity index is 2.11. The van der Waals surface area contributed by atoms with Gasteiger partial charge < -0.3 is 33.6 Å². The van der Waals surface area contributed by atoms with Crippen LogP contribution in [-0.2, 0) is 51.3 Å². The second kappa shape index (κ2) is 14.6. The minimum Gasteiger partial charge on any atom is -0.486 e. The molecule has 1 fully saturated rings. The number of ether oxygens (including phenoxy) is 5. The molecule has 2 heterocycles. The lowest BCUT2D eigenvalue weighted by molar-refractivity contribution is -0.239. The summed E-state index contributed by atoms with van der Waals surface area (Å²) in [5, 5.41) is 7.99. The maximum absolute atomic E-state index is 12.4. The number of hydrogen-bond acceptors (Lipinski definition) is 11. The molecule has 1 N–H and O–H groups in total. The molecule has 1 aliphatic heterocycles. The molecule has 0 bridgehead atoms. The van der Waals surface area contributed by atoms with Crippen LogP contribution in [0.1, 0.15) is 53.6 Å². The maximum Gasteiger partial charge on any atom is 0.303 e. The van der Waals surface area contributed by atoms with Gasteiger partial charge in [0.1, 0.15) is 31.1 Å². The minimum absolute atomic E-state index is 0.0306. The maximum atomic E-state index is 12.4. The van der Waals surface area contributed by atoms with E-state index < -0.39 is 54.4 Å². The second-order valence-electron chi connectivity index (χ2n) is 10.1. The van der Waals surface area contributed by atoms with Gasteiger partial charge >= 0.3 is 17.9 Å². The fraction of sp³-hybridized carbons (Fsp3) is 0.556. The van der Waals surface area contributed by atoms with Gasteiger partial charge in [0, 0.05) is 39.3 Å². The number of nitrogens with one attached hydrogen (secondary N) is 1. The van der Waals surface area contributed by atoms with E-state index in [9.17, 15) is 19.2 Å². The SMILES string of the molecule is CC(=O)N[C@@H]1[C@@H](OC(C)=O)[C@H](OC(C)=O)[C@@H](COC(C)=O)O[C@H]1n1nc(COc2ccc(Cl)cc2)n(CC(C)C)c1=S. The zero-order chi connectivity index (χ0) is 31.1.